The Morgan fingerprint density at radius 2 is 1.86 bits per heavy atom. The second-order valence-electron chi connectivity index (χ2n) is 6.21. The number of methoxy groups -OCH3 is 1. The number of nitrogens with one attached hydrogen (secondary N) is 2. The molecule has 0 aliphatic carbocycles. The van der Waals surface area contributed by atoms with E-state index in [0.29, 0.717) is 37.3 Å². The number of ether oxygens (including phenoxy) is 2. The lowest BCUT2D eigenvalue weighted by atomic mass is 10.2. The Balaban J connectivity index is 1.54. The zero-order chi connectivity index (χ0) is 20.5. The number of hydrogen-bond donors (Lipinski definition) is 2. The van der Waals surface area contributed by atoms with Gasteiger partial charge in [-0.25, -0.2) is 4.98 Å². The molecule has 0 aliphatic rings. The summed E-state index contributed by atoms with van der Waals surface area (Å²) in [5, 5.41) is 6.52. The number of oxazole rings is 1. The van der Waals surface area contributed by atoms with Gasteiger partial charge in [0.15, 0.2) is 17.5 Å². The molecule has 3 rings (SSSR count). The summed E-state index contributed by atoms with van der Waals surface area (Å²) in [5.74, 6) is 2.72. The van der Waals surface area contributed by atoms with Gasteiger partial charge in [-0.15, -0.1) is 0 Å². The molecular weight excluding hydrogens is 368 g/mol. The van der Waals surface area contributed by atoms with Gasteiger partial charge in [-0.1, -0.05) is 24.3 Å². The van der Waals surface area contributed by atoms with Gasteiger partial charge in [-0.2, -0.15) is 0 Å². The van der Waals surface area contributed by atoms with Crippen molar-refractivity contribution < 1.29 is 13.9 Å². The maximum atomic E-state index is 5.57. The van der Waals surface area contributed by atoms with Crippen LogP contribution in [0, 0.1) is 0 Å². The first kappa shape index (κ1) is 20.3. The second kappa shape index (κ2) is 10.2. The summed E-state index contributed by atoms with van der Waals surface area (Å²) in [4.78, 5) is 8.77. The third-order valence-electron chi connectivity index (χ3n) is 4.22. The Bertz CT molecular complexity index is 938. The van der Waals surface area contributed by atoms with E-state index in [0.717, 1.165) is 22.6 Å². The normalized spacial score (nSPS) is 11.2. The summed E-state index contributed by atoms with van der Waals surface area (Å²) in [6.45, 7) is 3.64. The topological polar surface area (TPSA) is 80.9 Å². The summed E-state index contributed by atoms with van der Waals surface area (Å²) in [5.41, 5.74) is 2.81. The minimum atomic E-state index is 0.503. The van der Waals surface area contributed by atoms with E-state index in [4.69, 9.17) is 13.9 Å². The molecule has 1 heterocycles. The van der Waals surface area contributed by atoms with Gasteiger partial charge in [0.25, 0.3) is 0 Å². The van der Waals surface area contributed by atoms with E-state index >= 15 is 0 Å². The van der Waals surface area contributed by atoms with E-state index in [1.54, 1.807) is 20.4 Å². The minimum absolute atomic E-state index is 0.503. The van der Waals surface area contributed by atoms with E-state index in [-0.39, 0.29) is 0 Å². The monoisotopic (exact) mass is 394 g/mol. The van der Waals surface area contributed by atoms with Crippen LogP contribution >= 0.6 is 0 Å². The second-order valence-corrected chi connectivity index (χ2v) is 6.21. The molecule has 0 saturated carbocycles. The number of nitrogens with zero attached hydrogens (tertiary/aromatic N) is 2. The van der Waals surface area contributed by atoms with E-state index in [9.17, 15) is 0 Å². The molecule has 2 aromatic carbocycles. The summed E-state index contributed by atoms with van der Waals surface area (Å²) < 4.78 is 16.5. The zero-order valence-corrected chi connectivity index (χ0v) is 16.9. The van der Waals surface area contributed by atoms with Gasteiger partial charge in [0, 0.05) is 19.2 Å². The molecule has 0 spiro atoms. The van der Waals surface area contributed by atoms with Crippen molar-refractivity contribution in [2.75, 3.05) is 20.8 Å². The van der Waals surface area contributed by atoms with Gasteiger partial charge in [0.2, 0.25) is 5.89 Å². The Labute approximate surface area is 170 Å². The highest BCUT2D eigenvalue weighted by atomic mass is 16.5. The van der Waals surface area contributed by atoms with Crippen molar-refractivity contribution in [1.29, 1.82) is 0 Å². The Morgan fingerprint density at radius 3 is 2.59 bits per heavy atom. The first-order valence-electron chi connectivity index (χ1n) is 9.47. The lowest BCUT2D eigenvalue weighted by molar-refractivity contribution is 0.310. The lowest BCUT2D eigenvalue weighted by Gasteiger charge is -2.13. The number of hydrogen-bond acceptors (Lipinski definition) is 5. The first-order valence-corrected chi connectivity index (χ1v) is 9.47. The molecule has 0 saturated heterocycles. The van der Waals surface area contributed by atoms with Crippen molar-refractivity contribution in [3.63, 3.8) is 0 Å². The minimum Gasteiger partial charge on any atom is -0.493 e. The molecule has 0 radical (unpaired) electrons. The molecule has 152 valence electrons. The molecule has 3 aromatic rings. The number of aliphatic imine (C=N–C) groups is 1. The van der Waals surface area contributed by atoms with Crippen molar-refractivity contribution in [1.82, 2.24) is 15.6 Å². The predicted octanol–water partition coefficient (Wildman–Crippen LogP) is 3.61. The molecule has 2 N–H and O–H groups in total. The Morgan fingerprint density at radius 1 is 1.07 bits per heavy atom. The zero-order valence-electron chi connectivity index (χ0n) is 16.9. The van der Waals surface area contributed by atoms with Crippen LogP contribution in [0.25, 0.3) is 11.5 Å². The van der Waals surface area contributed by atoms with Crippen LogP contribution in [0.3, 0.4) is 0 Å². The molecule has 0 atom stereocenters. The van der Waals surface area contributed by atoms with Crippen molar-refractivity contribution in [3.05, 3.63) is 66.1 Å². The third kappa shape index (κ3) is 5.51. The van der Waals surface area contributed by atoms with E-state index in [2.05, 4.69) is 20.6 Å². The van der Waals surface area contributed by atoms with E-state index < -0.39 is 0 Å². The van der Waals surface area contributed by atoms with Crippen molar-refractivity contribution in [2.45, 2.75) is 20.0 Å². The average Bonchev–Trinajstić information content (AvgIpc) is 3.24. The summed E-state index contributed by atoms with van der Waals surface area (Å²) in [6, 6.07) is 15.7. The molecule has 0 aliphatic heterocycles. The fourth-order valence-electron chi connectivity index (χ4n) is 2.78. The Kier molecular flexibility index (Phi) is 7.10. The summed E-state index contributed by atoms with van der Waals surface area (Å²) in [7, 11) is 3.36. The van der Waals surface area contributed by atoms with Gasteiger partial charge in [0.05, 0.1) is 26.0 Å². The molecule has 0 unspecified atom stereocenters. The first-order chi connectivity index (χ1) is 14.2. The number of aromatic nitrogens is 1. The largest absolute Gasteiger partial charge is 0.493 e. The molecule has 0 fully saturated rings. The SMILES string of the molecule is CCOc1ccc(CNC(=NC)NCc2coc(-c3ccccc3)n2)cc1OC. The predicted molar refractivity (Wildman–Crippen MR) is 113 cm³/mol. The van der Waals surface area contributed by atoms with Crippen molar-refractivity contribution >= 4 is 5.96 Å². The van der Waals surface area contributed by atoms with Crippen molar-refractivity contribution in [2.24, 2.45) is 4.99 Å². The summed E-state index contributed by atoms with van der Waals surface area (Å²) in [6.07, 6.45) is 1.65. The number of rotatable bonds is 8. The van der Waals surface area contributed by atoms with Gasteiger partial charge in [0.1, 0.15) is 6.26 Å². The van der Waals surface area contributed by atoms with Gasteiger partial charge in [-0.3, -0.25) is 4.99 Å². The standard InChI is InChI=1S/C22H26N4O3/c1-4-28-19-11-10-16(12-20(19)27-3)13-24-22(23-2)25-14-18-15-29-21(26-18)17-8-6-5-7-9-17/h5-12,15H,4,13-14H2,1-3H3,(H2,23,24,25). The molecular formula is C22H26N4O3. The van der Waals surface area contributed by atoms with Crippen LogP contribution in [0.15, 0.2) is 64.2 Å². The van der Waals surface area contributed by atoms with Gasteiger partial charge >= 0.3 is 0 Å². The fourth-order valence-corrected chi connectivity index (χ4v) is 2.78. The molecule has 7 nitrogen and oxygen atoms in total. The quantitative estimate of drug-likeness (QED) is 0.449. The molecule has 0 amide bonds. The maximum Gasteiger partial charge on any atom is 0.226 e. The fraction of sp³-hybridized carbons (Fsp3) is 0.273. The van der Waals surface area contributed by atoms with Crippen LogP contribution in [0.1, 0.15) is 18.2 Å². The van der Waals surface area contributed by atoms with Crippen LogP contribution in [0.4, 0.5) is 0 Å². The number of guanidine groups is 1. The maximum absolute atomic E-state index is 5.57. The molecule has 7 heteroatoms. The van der Waals surface area contributed by atoms with Gasteiger partial charge in [-0.05, 0) is 36.8 Å². The van der Waals surface area contributed by atoms with Crippen LogP contribution in [0.5, 0.6) is 11.5 Å². The average molecular weight is 394 g/mol. The Hall–Kier alpha value is -3.48. The molecule has 1 aromatic heterocycles. The third-order valence-corrected chi connectivity index (χ3v) is 4.22. The van der Waals surface area contributed by atoms with Crippen LogP contribution < -0.4 is 20.1 Å². The van der Waals surface area contributed by atoms with Gasteiger partial charge < -0.3 is 24.5 Å². The lowest BCUT2D eigenvalue weighted by Crippen LogP contribution is -2.36. The highest BCUT2D eigenvalue weighted by Gasteiger charge is 2.08. The summed E-state index contributed by atoms with van der Waals surface area (Å²) >= 11 is 0. The van der Waals surface area contributed by atoms with E-state index in [1.165, 1.54) is 0 Å². The molecule has 0 bridgehead atoms. The van der Waals surface area contributed by atoms with Crippen LogP contribution in [-0.4, -0.2) is 31.7 Å². The van der Waals surface area contributed by atoms with Crippen LogP contribution in [0.2, 0.25) is 0 Å². The molecule has 29 heavy (non-hydrogen) atoms. The van der Waals surface area contributed by atoms with Crippen LogP contribution in [-0.2, 0) is 13.1 Å². The highest BCUT2D eigenvalue weighted by molar-refractivity contribution is 5.79. The van der Waals surface area contributed by atoms with E-state index in [1.807, 2.05) is 55.5 Å². The smallest absolute Gasteiger partial charge is 0.226 e. The number of benzene rings is 2. The van der Waals surface area contributed by atoms with Crippen molar-refractivity contribution in [3.8, 4) is 23.0 Å². The highest BCUT2D eigenvalue weighted by Crippen LogP contribution is 2.28.